The Bertz CT molecular complexity index is 176. The highest BCUT2D eigenvalue weighted by molar-refractivity contribution is 5.06. The van der Waals surface area contributed by atoms with Crippen molar-refractivity contribution >= 4 is 0 Å². The van der Waals surface area contributed by atoms with Crippen LogP contribution in [0.1, 0.15) is 26.7 Å². The summed E-state index contributed by atoms with van der Waals surface area (Å²) in [6, 6.07) is 0. The van der Waals surface area contributed by atoms with E-state index < -0.39 is 12.2 Å². The molecule has 3 saturated carbocycles. The van der Waals surface area contributed by atoms with Gasteiger partial charge in [0.2, 0.25) is 0 Å². The van der Waals surface area contributed by atoms with E-state index in [0.29, 0.717) is 11.8 Å². The summed E-state index contributed by atoms with van der Waals surface area (Å²) in [6.45, 7) is 4.39. The monoisotopic (exact) mass is 156 g/mol. The molecule has 64 valence electrons. The Balaban J connectivity index is 2.17. The SMILES string of the molecule is CC1(C)C2CC(O)C(O)C1C2. The summed E-state index contributed by atoms with van der Waals surface area (Å²) < 4.78 is 0. The topological polar surface area (TPSA) is 40.5 Å². The zero-order valence-electron chi connectivity index (χ0n) is 7.12. The van der Waals surface area contributed by atoms with E-state index in [2.05, 4.69) is 13.8 Å². The lowest BCUT2D eigenvalue weighted by Crippen LogP contribution is -2.60. The van der Waals surface area contributed by atoms with Gasteiger partial charge in [-0.1, -0.05) is 13.8 Å². The van der Waals surface area contributed by atoms with Crippen LogP contribution in [0.3, 0.4) is 0 Å². The van der Waals surface area contributed by atoms with Crippen LogP contribution < -0.4 is 0 Å². The number of fused-ring (bicyclic) bond motifs is 2. The molecule has 3 fully saturated rings. The van der Waals surface area contributed by atoms with E-state index >= 15 is 0 Å². The van der Waals surface area contributed by atoms with E-state index in [-0.39, 0.29) is 5.41 Å². The first-order chi connectivity index (χ1) is 5.03. The van der Waals surface area contributed by atoms with E-state index in [1.165, 1.54) is 0 Å². The van der Waals surface area contributed by atoms with Gasteiger partial charge in [-0.15, -0.1) is 0 Å². The van der Waals surface area contributed by atoms with Crippen LogP contribution in [-0.4, -0.2) is 22.4 Å². The zero-order chi connectivity index (χ0) is 8.22. The molecule has 0 aromatic carbocycles. The van der Waals surface area contributed by atoms with Gasteiger partial charge in [0.15, 0.2) is 0 Å². The molecule has 0 aromatic rings. The molecule has 0 aromatic heterocycles. The van der Waals surface area contributed by atoms with Gasteiger partial charge in [-0.25, -0.2) is 0 Å². The minimum Gasteiger partial charge on any atom is -0.390 e. The Labute approximate surface area is 67.2 Å². The van der Waals surface area contributed by atoms with Gasteiger partial charge in [-0.3, -0.25) is 0 Å². The zero-order valence-corrected chi connectivity index (χ0v) is 7.12. The molecule has 0 saturated heterocycles. The molecule has 2 N–H and O–H groups in total. The van der Waals surface area contributed by atoms with Gasteiger partial charge in [-0.2, -0.15) is 0 Å². The van der Waals surface area contributed by atoms with Gasteiger partial charge in [0, 0.05) is 0 Å². The van der Waals surface area contributed by atoms with Crippen molar-refractivity contribution in [3.8, 4) is 0 Å². The van der Waals surface area contributed by atoms with Crippen LogP contribution in [0.15, 0.2) is 0 Å². The summed E-state index contributed by atoms with van der Waals surface area (Å²) >= 11 is 0. The Hall–Kier alpha value is -0.0800. The van der Waals surface area contributed by atoms with Gasteiger partial charge in [0.05, 0.1) is 12.2 Å². The molecule has 0 radical (unpaired) electrons. The predicted molar refractivity (Wildman–Crippen MR) is 42.0 cm³/mol. The summed E-state index contributed by atoms with van der Waals surface area (Å²) in [6.07, 6.45) is 0.998. The second kappa shape index (κ2) is 1.99. The summed E-state index contributed by atoms with van der Waals surface area (Å²) in [5, 5.41) is 18.9. The van der Waals surface area contributed by atoms with Crippen molar-refractivity contribution in [1.82, 2.24) is 0 Å². The van der Waals surface area contributed by atoms with Crippen molar-refractivity contribution in [3.63, 3.8) is 0 Å². The molecule has 0 amide bonds. The molecule has 0 spiro atoms. The average Bonchev–Trinajstić information content (AvgIpc) is 1.93. The van der Waals surface area contributed by atoms with Gasteiger partial charge in [0.1, 0.15) is 0 Å². The van der Waals surface area contributed by atoms with Crippen LogP contribution in [0.5, 0.6) is 0 Å². The van der Waals surface area contributed by atoms with Crippen molar-refractivity contribution < 1.29 is 10.2 Å². The standard InChI is InChI=1S/C9H16O2/c1-9(2)5-3-6(9)8(11)7(10)4-5/h5-8,10-11H,3-4H2,1-2H3. The molecule has 3 aliphatic rings. The summed E-state index contributed by atoms with van der Waals surface area (Å²) in [5.74, 6) is 0.988. The van der Waals surface area contributed by atoms with Crippen LogP contribution in [0.2, 0.25) is 0 Å². The molecule has 3 rings (SSSR count). The molecule has 2 heteroatoms. The van der Waals surface area contributed by atoms with E-state index in [4.69, 9.17) is 0 Å². The number of rotatable bonds is 0. The normalized spacial score (nSPS) is 53.5. The van der Waals surface area contributed by atoms with Crippen LogP contribution in [0.25, 0.3) is 0 Å². The van der Waals surface area contributed by atoms with Gasteiger partial charge in [-0.05, 0) is 30.1 Å². The van der Waals surface area contributed by atoms with E-state index in [9.17, 15) is 10.2 Å². The summed E-state index contributed by atoms with van der Waals surface area (Å²) in [7, 11) is 0. The second-order valence-corrected chi connectivity index (χ2v) is 4.65. The van der Waals surface area contributed by atoms with Crippen LogP contribution in [0.4, 0.5) is 0 Å². The van der Waals surface area contributed by atoms with Crippen molar-refractivity contribution in [2.45, 2.75) is 38.9 Å². The van der Waals surface area contributed by atoms with Crippen LogP contribution in [0, 0.1) is 17.3 Å². The van der Waals surface area contributed by atoms with Crippen molar-refractivity contribution in [3.05, 3.63) is 0 Å². The molecular formula is C9H16O2. The van der Waals surface area contributed by atoms with Gasteiger partial charge in [0.25, 0.3) is 0 Å². The predicted octanol–water partition coefficient (Wildman–Crippen LogP) is 0.774. The highest BCUT2D eigenvalue weighted by atomic mass is 16.3. The highest BCUT2D eigenvalue weighted by Crippen LogP contribution is 2.58. The summed E-state index contributed by atoms with van der Waals surface area (Å²) in [4.78, 5) is 0. The van der Waals surface area contributed by atoms with E-state index in [1.54, 1.807) is 0 Å². The number of hydrogen-bond acceptors (Lipinski definition) is 2. The number of aliphatic hydroxyl groups excluding tert-OH is 2. The third-order valence-electron chi connectivity index (χ3n) is 3.88. The molecule has 4 atom stereocenters. The first kappa shape index (κ1) is 7.56. The average molecular weight is 156 g/mol. The molecule has 3 aliphatic carbocycles. The Morgan fingerprint density at radius 1 is 1.18 bits per heavy atom. The van der Waals surface area contributed by atoms with Crippen LogP contribution in [-0.2, 0) is 0 Å². The lowest BCUT2D eigenvalue weighted by atomic mass is 9.47. The second-order valence-electron chi connectivity index (χ2n) is 4.65. The number of hydrogen-bond donors (Lipinski definition) is 2. The maximum absolute atomic E-state index is 9.57. The number of aliphatic hydroxyl groups is 2. The molecule has 4 unspecified atom stereocenters. The van der Waals surface area contributed by atoms with E-state index in [0.717, 1.165) is 12.8 Å². The van der Waals surface area contributed by atoms with E-state index in [1.807, 2.05) is 0 Å². The molecular weight excluding hydrogens is 140 g/mol. The first-order valence-corrected chi connectivity index (χ1v) is 4.39. The van der Waals surface area contributed by atoms with Gasteiger partial charge < -0.3 is 10.2 Å². The molecule has 0 aliphatic heterocycles. The van der Waals surface area contributed by atoms with Crippen molar-refractivity contribution in [2.24, 2.45) is 17.3 Å². The minimum atomic E-state index is -0.463. The van der Waals surface area contributed by atoms with Gasteiger partial charge >= 0.3 is 0 Å². The maximum atomic E-state index is 9.57. The third-order valence-corrected chi connectivity index (χ3v) is 3.88. The van der Waals surface area contributed by atoms with Crippen molar-refractivity contribution in [2.75, 3.05) is 0 Å². The Kier molecular flexibility index (Phi) is 1.37. The quantitative estimate of drug-likeness (QED) is 0.544. The Morgan fingerprint density at radius 2 is 1.82 bits per heavy atom. The van der Waals surface area contributed by atoms with Crippen molar-refractivity contribution in [1.29, 1.82) is 0 Å². The fraction of sp³-hybridized carbons (Fsp3) is 1.00. The third kappa shape index (κ3) is 0.798. The lowest BCUT2D eigenvalue weighted by molar-refractivity contribution is -0.192. The molecule has 2 nitrogen and oxygen atoms in total. The molecule has 0 heterocycles. The minimum absolute atomic E-state index is 0.276. The fourth-order valence-electron chi connectivity index (χ4n) is 2.73. The van der Waals surface area contributed by atoms with Crippen LogP contribution >= 0.6 is 0 Å². The smallest absolute Gasteiger partial charge is 0.0832 e. The largest absolute Gasteiger partial charge is 0.390 e. The fourth-order valence-corrected chi connectivity index (χ4v) is 2.73. The Morgan fingerprint density at radius 3 is 2.18 bits per heavy atom. The molecule has 2 bridgehead atoms. The first-order valence-electron chi connectivity index (χ1n) is 4.39. The highest BCUT2D eigenvalue weighted by Gasteiger charge is 2.57. The lowest BCUT2D eigenvalue weighted by Gasteiger charge is -2.60. The summed E-state index contributed by atoms with van der Waals surface area (Å²) in [5.41, 5.74) is 0.276. The maximum Gasteiger partial charge on any atom is 0.0832 e. The molecule has 11 heavy (non-hydrogen) atoms.